The summed E-state index contributed by atoms with van der Waals surface area (Å²) in [6.07, 6.45) is 5.77. The third-order valence-electron chi connectivity index (χ3n) is 4.99. The van der Waals surface area contributed by atoms with E-state index in [-0.39, 0.29) is 5.92 Å². The van der Waals surface area contributed by atoms with Crippen molar-refractivity contribution in [2.45, 2.75) is 32.0 Å². The molecule has 1 aromatic carbocycles. The summed E-state index contributed by atoms with van der Waals surface area (Å²) >= 11 is 0. The van der Waals surface area contributed by atoms with Crippen LogP contribution in [0.25, 0.3) is 0 Å². The normalized spacial score (nSPS) is 24.9. The van der Waals surface area contributed by atoms with Crippen LogP contribution >= 0.6 is 0 Å². The van der Waals surface area contributed by atoms with Crippen LogP contribution in [0.15, 0.2) is 42.7 Å². The standard InChI is InChI=1S/C18H22N4O/c23-18-15-6-7-16(22(18)10-14-4-2-1-3-5-14)12-21(11-15)13-17-19-8-9-20-17/h1-5,8-9,15-16H,6-7,10-13H2,(H,19,20)/t15-,16+/m0/s1. The van der Waals surface area contributed by atoms with Gasteiger partial charge in [0.1, 0.15) is 5.82 Å². The van der Waals surface area contributed by atoms with Gasteiger partial charge in [-0.25, -0.2) is 4.98 Å². The molecule has 5 rings (SSSR count). The molecule has 0 saturated carbocycles. The minimum Gasteiger partial charge on any atom is -0.348 e. The highest BCUT2D eigenvalue weighted by molar-refractivity contribution is 5.80. The van der Waals surface area contributed by atoms with Crippen molar-refractivity contribution >= 4 is 5.91 Å². The molecule has 5 heteroatoms. The van der Waals surface area contributed by atoms with Gasteiger partial charge in [0.25, 0.3) is 0 Å². The molecule has 23 heavy (non-hydrogen) atoms. The molecule has 0 radical (unpaired) electrons. The Morgan fingerprint density at radius 3 is 2.78 bits per heavy atom. The number of nitrogens with zero attached hydrogens (tertiary/aromatic N) is 3. The molecule has 2 aromatic rings. The van der Waals surface area contributed by atoms with Crippen LogP contribution in [-0.2, 0) is 17.9 Å². The number of rotatable bonds is 4. The molecule has 5 nitrogen and oxygen atoms in total. The van der Waals surface area contributed by atoms with Crippen LogP contribution in [0.5, 0.6) is 0 Å². The molecule has 3 fully saturated rings. The molecule has 3 aliphatic heterocycles. The molecule has 1 amide bonds. The Balaban J connectivity index is 1.51. The Morgan fingerprint density at radius 1 is 1.13 bits per heavy atom. The summed E-state index contributed by atoms with van der Waals surface area (Å²) in [6.45, 7) is 3.32. The maximum absolute atomic E-state index is 12.8. The molecule has 120 valence electrons. The fraction of sp³-hybridized carbons (Fsp3) is 0.444. The lowest BCUT2D eigenvalue weighted by atomic mass is 9.93. The number of benzene rings is 1. The Bertz CT molecular complexity index is 655. The summed E-state index contributed by atoms with van der Waals surface area (Å²) in [7, 11) is 0. The average Bonchev–Trinajstić information content (AvgIpc) is 2.94. The fourth-order valence-corrected chi connectivity index (χ4v) is 3.84. The summed E-state index contributed by atoms with van der Waals surface area (Å²) in [5.41, 5.74) is 1.21. The van der Waals surface area contributed by atoms with Crippen molar-refractivity contribution < 1.29 is 4.79 Å². The number of fused-ring (bicyclic) bond motifs is 4. The van der Waals surface area contributed by atoms with Gasteiger partial charge in [0.15, 0.2) is 0 Å². The number of carbonyl (C=O) groups excluding carboxylic acids is 1. The van der Waals surface area contributed by atoms with E-state index in [9.17, 15) is 4.79 Å². The van der Waals surface area contributed by atoms with Crippen LogP contribution in [0.2, 0.25) is 0 Å². The minimum absolute atomic E-state index is 0.132. The van der Waals surface area contributed by atoms with Gasteiger partial charge < -0.3 is 9.88 Å². The predicted molar refractivity (Wildman–Crippen MR) is 87.4 cm³/mol. The molecular formula is C18H22N4O. The van der Waals surface area contributed by atoms with Crippen LogP contribution < -0.4 is 0 Å². The van der Waals surface area contributed by atoms with E-state index in [1.165, 1.54) is 5.56 Å². The Labute approximate surface area is 136 Å². The molecule has 3 aliphatic rings. The average molecular weight is 310 g/mol. The van der Waals surface area contributed by atoms with E-state index in [1.54, 1.807) is 6.20 Å². The van der Waals surface area contributed by atoms with Crippen molar-refractivity contribution in [2.24, 2.45) is 5.92 Å². The van der Waals surface area contributed by atoms with E-state index in [4.69, 9.17) is 0 Å². The van der Waals surface area contributed by atoms with Gasteiger partial charge in [-0.2, -0.15) is 0 Å². The second-order valence-corrected chi connectivity index (χ2v) is 6.61. The molecule has 1 N–H and O–H groups in total. The summed E-state index contributed by atoms with van der Waals surface area (Å²) in [4.78, 5) is 24.8. The lowest BCUT2D eigenvalue weighted by molar-refractivity contribution is -0.140. The summed E-state index contributed by atoms with van der Waals surface area (Å²) < 4.78 is 0. The first-order chi connectivity index (χ1) is 11.3. The number of amides is 1. The largest absolute Gasteiger partial charge is 0.348 e. The topological polar surface area (TPSA) is 52.2 Å². The van der Waals surface area contributed by atoms with Gasteiger partial charge in [-0.1, -0.05) is 30.3 Å². The van der Waals surface area contributed by atoms with Gasteiger partial charge in [0, 0.05) is 38.1 Å². The maximum atomic E-state index is 12.8. The third-order valence-corrected chi connectivity index (χ3v) is 4.99. The van der Waals surface area contributed by atoms with E-state index in [0.29, 0.717) is 11.9 Å². The van der Waals surface area contributed by atoms with Crippen molar-refractivity contribution in [1.82, 2.24) is 19.8 Å². The van der Waals surface area contributed by atoms with E-state index < -0.39 is 0 Å². The van der Waals surface area contributed by atoms with E-state index in [0.717, 1.165) is 44.8 Å². The molecule has 1 aromatic heterocycles. The number of piperidine rings is 1. The molecule has 2 bridgehead atoms. The smallest absolute Gasteiger partial charge is 0.227 e. The van der Waals surface area contributed by atoms with Gasteiger partial charge in [-0.15, -0.1) is 0 Å². The van der Waals surface area contributed by atoms with Gasteiger partial charge >= 0.3 is 0 Å². The highest BCUT2D eigenvalue weighted by atomic mass is 16.2. The fourth-order valence-electron chi connectivity index (χ4n) is 3.84. The van der Waals surface area contributed by atoms with Crippen LogP contribution in [-0.4, -0.2) is 44.8 Å². The second kappa shape index (κ2) is 6.16. The lowest BCUT2D eigenvalue weighted by Crippen LogP contribution is -2.47. The Hall–Kier alpha value is -2.14. The van der Waals surface area contributed by atoms with Crippen LogP contribution in [0.3, 0.4) is 0 Å². The number of aromatic amines is 1. The third kappa shape index (κ3) is 3.01. The Morgan fingerprint density at radius 2 is 2.00 bits per heavy atom. The van der Waals surface area contributed by atoms with E-state index in [2.05, 4.69) is 31.9 Å². The second-order valence-electron chi connectivity index (χ2n) is 6.61. The number of nitrogens with one attached hydrogen (secondary N) is 1. The van der Waals surface area contributed by atoms with Crippen molar-refractivity contribution in [2.75, 3.05) is 13.1 Å². The zero-order valence-corrected chi connectivity index (χ0v) is 13.2. The zero-order valence-electron chi connectivity index (χ0n) is 13.2. The first-order valence-corrected chi connectivity index (χ1v) is 8.34. The first kappa shape index (κ1) is 14.5. The SMILES string of the molecule is O=C1[C@H]2CC[C@H](CN(Cc3ncc[nH]3)C2)N1Cc1ccccc1. The van der Waals surface area contributed by atoms with Crippen LogP contribution in [0.4, 0.5) is 0 Å². The summed E-state index contributed by atoms with van der Waals surface area (Å²) in [5, 5.41) is 0. The number of carbonyl (C=O) groups is 1. The first-order valence-electron chi connectivity index (χ1n) is 8.34. The highest BCUT2D eigenvalue weighted by Crippen LogP contribution is 2.30. The number of aromatic nitrogens is 2. The summed E-state index contributed by atoms with van der Waals surface area (Å²) in [5.74, 6) is 1.44. The van der Waals surface area contributed by atoms with E-state index in [1.807, 2.05) is 24.4 Å². The monoisotopic (exact) mass is 310 g/mol. The lowest BCUT2D eigenvalue weighted by Gasteiger charge is -2.36. The van der Waals surface area contributed by atoms with Gasteiger partial charge in [-0.05, 0) is 18.4 Å². The molecule has 0 unspecified atom stereocenters. The molecule has 0 spiro atoms. The van der Waals surface area contributed by atoms with Crippen molar-refractivity contribution in [3.8, 4) is 0 Å². The van der Waals surface area contributed by atoms with Crippen molar-refractivity contribution in [1.29, 1.82) is 0 Å². The number of imidazole rings is 1. The quantitative estimate of drug-likeness (QED) is 0.940. The van der Waals surface area contributed by atoms with Crippen molar-refractivity contribution in [3.05, 3.63) is 54.1 Å². The van der Waals surface area contributed by atoms with Gasteiger partial charge in [0.2, 0.25) is 5.91 Å². The highest BCUT2D eigenvalue weighted by Gasteiger charge is 2.40. The maximum Gasteiger partial charge on any atom is 0.227 e. The van der Waals surface area contributed by atoms with E-state index >= 15 is 0 Å². The molecular weight excluding hydrogens is 288 g/mol. The van der Waals surface area contributed by atoms with Gasteiger partial charge in [0.05, 0.1) is 12.5 Å². The van der Waals surface area contributed by atoms with Gasteiger partial charge in [-0.3, -0.25) is 9.69 Å². The molecule has 0 aliphatic carbocycles. The zero-order chi connectivity index (χ0) is 15.6. The predicted octanol–water partition coefficient (Wildman–Crippen LogP) is 2.03. The van der Waals surface area contributed by atoms with Crippen molar-refractivity contribution in [3.63, 3.8) is 0 Å². The summed E-state index contributed by atoms with van der Waals surface area (Å²) in [6, 6.07) is 10.6. The number of hydrogen-bond donors (Lipinski definition) is 1. The molecule has 3 saturated heterocycles. The Kier molecular flexibility index (Phi) is 3.87. The van der Waals surface area contributed by atoms with Crippen LogP contribution in [0, 0.1) is 5.92 Å². The molecule has 2 atom stereocenters. The minimum atomic E-state index is 0.132. The number of H-pyrrole nitrogens is 1. The number of hydrogen-bond acceptors (Lipinski definition) is 3. The van der Waals surface area contributed by atoms with Crippen LogP contribution in [0.1, 0.15) is 24.2 Å². The molecule has 4 heterocycles.